The fourth-order valence-electron chi connectivity index (χ4n) is 4.77. The summed E-state index contributed by atoms with van der Waals surface area (Å²) >= 11 is 3.36. The van der Waals surface area contributed by atoms with Gasteiger partial charge in [0.15, 0.2) is 0 Å². The van der Waals surface area contributed by atoms with Crippen molar-refractivity contribution in [3.05, 3.63) is 93.0 Å². The molecule has 4 aromatic carbocycles. The molecule has 0 spiro atoms. The van der Waals surface area contributed by atoms with E-state index in [4.69, 9.17) is 0 Å². The van der Waals surface area contributed by atoms with Crippen molar-refractivity contribution in [1.82, 2.24) is 0 Å². The predicted molar refractivity (Wildman–Crippen MR) is 186 cm³/mol. The summed E-state index contributed by atoms with van der Waals surface area (Å²) in [4.78, 5) is 4.53. The Hall–Kier alpha value is -3.22. The van der Waals surface area contributed by atoms with Crippen LogP contribution in [0, 0.1) is 41.5 Å². The number of benzene rings is 4. The zero-order valence-corrected chi connectivity index (χ0v) is 29.9. The van der Waals surface area contributed by atoms with E-state index in [1.165, 1.54) is 0 Å². The van der Waals surface area contributed by atoms with Gasteiger partial charge < -0.3 is 20.4 Å². The van der Waals surface area contributed by atoms with Gasteiger partial charge in [-0.1, -0.05) is 65.1 Å². The minimum absolute atomic E-state index is 0.117. The van der Waals surface area contributed by atoms with E-state index in [1.807, 2.05) is 65.8 Å². The first kappa shape index (κ1) is 35.3. The summed E-state index contributed by atoms with van der Waals surface area (Å²) in [5.74, 6) is 1.38. The number of phenolic OH excluding ortho intramolecular Hbond substituents is 4. The van der Waals surface area contributed by atoms with Crippen LogP contribution in [0.15, 0.2) is 68.1 Å². The highest BCUT2D eigenvalue weighted by molar-refractivity contribution is 7.99. The summed E-state index contributed by atoms with van der Waals surface area (Å²) in [6, 6.07) is 15.5. The van der Waals surface area contributed by atoms with E-state index in [2.05, 4.69) is 53.7 Å². The molecule has 0 radical (unpaired) electrons. The van der Waals surface area contributed by atoms with Crippen molar-refractivity contribution in [3.8, 4) is 23.0 Å². The van der Waals surface area contributed by atoms with Crippen LogP contribution < -0.4 is 0 Å². The molecule has 4 aromatic rings. The minimum Gasteiger partial charge on any atom is -0.508 e. The second-order valence-electron chi connectivity index (χ2n) is 13.8. The fraction of sp³-hybridized carbons (Fsp3) is 0.368. The van der Waals surface area contributed by atoms with E-state index in [9.17, 15) is 20.4 Å². The molecule has 0 saturated heterocycles. The van der Waals surface area contributed by atoms with Crippen LogP contribution in [0.5, 0.6) is 23.0 Å². The van der Waals surface area contributed by atoms with E-state index in [0.29, 0.717) is 23.0 Å². The van der Waals surface area contributed by atoms with Crippen LogP contribution in [0.3, 0.4) is 0 Å². The third kappa shape index (κ3) is 8.48. The highest BCUT2D eigenvalue weighted by Crippen LogP contribution is 2.43. The van der Waals surface area contributed by atoms with Gasteiger partial charge in [-0.3, -0.25) is 0 Å². The maximum Gasteiger partial charge on any atom is 0.119 e. The fourth-order valence-corrected chi connectivity index (χ4v) is 6.95. The Balaban J connectivity index is 0.000000249. The number of hydrogen-bond donors (Lipinski definition) is 4. The Morgan fingerprint density at radius 3 is 0.886 bits per heavy atom. The predicted octanol–water partition coefficient (Wildman–Crippen LogP) is 10.9. The maximum atomic E-state index is 10.3. The standard InChI is InChI=1S/C22H30O2S.C16H18O2S/c1-13-9-17(23)15(21(3,4)5)11-19(13)25-20-12-16(22(6,7)8)18(24)10-14(20)2;1-9-7-15(11(3)5-13(9)17)19-16-8-10(2)14(18)6-12(16)4/h9-12,23-24H,1-8H3;5-8,17-18H,1-4H3. The maximum absolute atomic E-state index is 10.3. The molecule has 0 aromatic heterocycles. The van der Waals surface area contributed by atoms with Gasteiger partial charge in [-0.05, 0) is 134 Å². The summed E-state index contributed by atoms with van der Waals surface area (Å²) in [5, 5.41) is 40.0. The van der Waals surface area contributed by atoms with Crippen molar-refractivity contribution >= 4 is 23.5 Å². The van der Waals surface area contributed by atoms with Crippen molar-refractivity contribution in [2.75, 3.05) is 0 Å². The monoisotopic (exact) mass is 632 g/mol. The number of hydrogen-bond acceptors (Lipinski definition) is 6. The molecule has 0 bridgehead atoms. The SMILES string of the molecule is Cc1cc(O)c(C(C)(C)C)cc1Sc1cc(C(C)(C)C)c(O)cc1C.Cc1cc(Sc2cc(C)c(O)cc2C)c(C)cc1O. The van der Waals surface area contributed by atoms with Crippen molar-refractivity contribution in [3.63, 3.8) is 0 Å². The molecule has 0 aliphatic rings. The van der Waals surface area contributed by atoms with Gasteiger partial charge in [-0.2, -0.15) is 0 Å². The quantitative estimate of drug-likeness (QED) is 0.179. The molecule has 0 saturated carbocycles. The molecule has 0 aliphatic carbocycles. The molecule has 236 valence electrons. The van der Waals surface area contributed by atoms with Crippen molar-refractivity contribution in [1.29, 1.82) is 0 Å². The summed E-state index contributed by atoms with van der Waals surface area (Å²) < 4.78 is 0. The number of aromatic hydroxyl groups is 4. The zero-order chi connectivity index (χ0) is 33.3. The molecular weight excluding hydrogens is 585 g/mol. The van der Waals surface area contributed by atoms with Crippen molar-refractivity contribution in [2.45, 2.75) is 113 Å². The zero-order valence-electron chi connectivity index (χ0n) is 28.2. The topological polar surface area (TPSA) is 80.9 Å². The first-order valence-corrected chi connectivity index (χ1v) is 16.5. The summed E-state index contributed by atoms with van der Waals surface area (Å²) in [6.45, 7) is 24.5. The van der Waals surface area contributed by atoms with Gasteiger partial charge in [-0.15, -0.1) is 0 Å². The molecule has 0 heterocycles. The molecule has 0 fully saturated rings. The molecule has 0 aliphatic heterocycles. The molecule has 6 heteroatoms. The van der Waals surface area contributed by atoms with Crippen LogP contribution in [0.4, 0.5) is 0 Å². The number of rotatable bonds is 4. The summed E-state index contributed by atoms with van der Waals surface area (Å²) in [7, 11) is 0. The van der Waals surface area contributed by atoms with Gasteiger partial charge in [0.2, 0.25) is 0 Å². The Morgan fingerprint density at radius 2 is 0.614 bits per heavy atom. The highest BCUT2D eigenvalue weighted by Gasteiger charge is 2.22. The second kappa shape index (κ2) is 13.4. The Morgan fingerprint density at radius 1 is 0.364 bits per heavy atom. The third-order valence-corrected chi connectivity index (χ3v) is 10.3. The average molecular weight is 633 g/mol. The lowest BCUT2D eigenvalue weighted by atomic mass is 9.86. The normalized spacial score (nSPS) is 11.7. The Labute approximate surface area is 272 Å². The van der Waals surface area contributed by atoms with E-state index in [0.717, 1.165) is 64.1 Å². The van der Waals surface area contributed by atoms with Crippen LogP contribution in [-0.2, 0) is 10.8 Å². The first-order chi connectivity index (χ1) is 20.2. The van der Waals surface area contributed by atoms with Gasteiger partial charge >= 0.3 is 0 Å². The molecule has 4 N–H and O–H groups in total. The molecular formula is C38H48O4S2. The summed E-state index contributed by atoms with van der Waals surface area (Å²) in [5.41, 5.74) is 7.64. The van der Waals surface area contributed by atoms with Crippen LogP contribution in [0.1, 0.15) is 86.1 Å². The van der Waals surface area contributed by atoms with Crippen LogP contribution >= 0.6 is 23.5 Å². The molecule has 0 unspecified atom stereocenters. The van der Waals surface area contributed by atoms with E-state index in [1.54, 1.807) is 35.7 Å². The Kier molecular flexibility index (Phi) is 10.8. The van der Waals surface area contributed by atoms with Gasteiger partial charge in [0.05, 0.1) is 0 Å². The lowest BCUT2D eigenvalue weighted by molar-refractivity contribution is 0.444. The average Bonchev–Trinajstić information content (AvgIpc) is 2.87. The van der Waals surface area contributed by atoms with Crippen molar-refractivity contribution < 1.29 is 20.4 Å². The minimum atomic E-state index is -0.117. The van der Waals surface area contributed by atoms with Crippen LogP contribution in [-0.4, -0.2) is 20.4 Å². The van der Waals surface area contributed by atoms with E-state index in [-0.39, 0.29) is 10.8 Å². The second-order valence-corrected chi connectivity index (χ2v) is 15.9. The Bertz CT molecular complexity index is 1550. The van der Waals surface area contributed by atoms with Crippen LogP contribution in [0.2, 0.25) is 0 Å². The number of phenols is 4. The largest absolute Gasteiger partial charge is 0.508 e. The molecule has 4 rings (SSSR count). The molecule has 0 amide bonds. The number of aryl methyl sites for hydroxylation is 6. The van der Waals surface area contributed by atoms with Gasteiger partial charge in [0.1, 0.15) is 23.0 Å². The van der Waals surface area contributed by atoms with Crippen LogP contribution in [0.25, 0.3) is 0 Å². The van der Waals surface area contributed by atoms with Crippen molar-refractivity contribution in [2.24, 2.45) is 0 Å². The third-order valence-electron chi connectivity index (χ3n) is 7.63. The highest BCUT2D eigenvalue weighted by atomic mass is 32.2. The van der Waals surface area contributed by atoms with Gasteiger partial charge in [0.25, 0.3) is 0 Å². The van der Waals surface area contributed by atoms with Gasteiger partial charge in [-0.25, -0.2) is 0 Å². The summed E-state index contributed by atoms with van der Waals surface area (Å²) in [6.07, 6.45) is 0. The van der Waals surface area contributed by atoms with Gasteiger partial charge in [0, 0.05) is 30.7 Å². The van der Waals surface area contributed by atoms with E-state index >= 15 is 0 Å². The molecule has 44 heavy (non-hydrogen) atoms. The van der Waals surface area contributed by atoms with E-state index < -0.39 is 0 Å². The first-order valence-electron chi connectivity index (χ1n) is 14.8. The molecule has 4 nitrogen and oxygen atoms in total. The smallest absolute Gasteiger partial charge is 0.119 e. The lowest BCUT2D eigenvalue weighted by Crippen LogP contribution is -2.12. The molecule has 0 atom stereocenters. The lowest BCUT2D eigenvalue weighted by Gasteiger charge is -2.24.